The van der Waals surface area contributed by atoms with Crippen molar-refractivity contribution in [1.29, 1.82) is 0 Å². The Bertz CT molecular complexity index is 290. The zero-order valence-corrected chi connectivity index (χ0v) is 8.64. The molecule has 0 fully saturated rings. The number of hydrogen-bond donors (Lipinski definition) is 0. The Morgan fingerprint density at radius 1 is 1.31 bits per heavy atom. The molecule has 0 aliphatic carbocycles. The van der Waals surface area contributed by atoms with E-state index in [1.54, 1.807) is 0 Å². The van der Waals surface area contributed by atoms with Crippen LogP contribution < -0.4 is 0 Å². The molecule has 0 atom stereocenters. The van der Waals surface area contributed by atoms with Crippen molar-refractivity contribution >= 4 is 17.4 Å². The van der Waals surface area contributed by atoms with E-state index in [1.807, 2.05) is 44.2 Å². The summed E-state index contributed by atoms with van der Waals surface area (Å²) in [5.41, 5.74) is 0.545. The summed E-state index contributed by atoms with van der Waals surface area (Å²) in [4.78, 5) is 11.5. The molecule has 2 heteroatoms. The maximum Gasteiger partial charge on any atom is 0.157 e. The van der Waals surface area contributed by atoms with Crippen molar-refractivity contribution < 1.29 is 4.79 Å². The molecule has 0 N–H and O–H groups in total. The van der Waals surface area contributed by atoms with Gasteiger partial charge in [0.1, 0.15) is 0 Å². The van der Waals surface area contributed by atoms with E-state index in [2.05, 4.69) is 0 Å². The van der Waals surface area contributed by atoms with Crippen LogP contribution in [0, 0.1) is 0 Å². The van der Waals surface area contributed by atoms with Gasteiger partial charge in [-0.25, -0.2) is 0 Å². The van der Waals surface area contributed by atoms with Crippen molar-refractivity contribution in [3.05, 3.63) is 35.9 Å². The lowest BCUT2D eigenvalue weighted by Gasteiger charge is -2.22. The van der Waals surface area contributed by atoms with Crippen LogP contribution in [-0.4, -0.2) is 11.7 Å². The molecular weight excluding hydrogens is 184 g/mol. The fourth-order valence-electron chi connectivity index (χ4n) is 1.18. The Labute approximate surface area is 83.7 Å². The lowest BCUT2D eigenvalue weighted by molar-refractivity contribution is -0.121. The number of hydrogen-bond acceptors (Lipinski definition) is 1. The highest BCUT2D eigenvalue weighted by atomic mass is 35.5. The number of halogens is 1. The van der Waals surface area contributed by atoms with Crippen LogP contribution in [0.15, 0.2) is 30.3 Å². The van der Waals surface area contributed by atoms with Crippen LogP contribution in [0.4, 0.5) is 0 Å². The predicted octanol–water partition coefficient (Wildman–Crippen LogP) is 2.77. The van der Waals surface area contributed by atoms with Gasteiger partial charge in [0.15, 0.2) is 5.78 Å². The van der Waals surface area contributed by atoms with E-state index in [4.69, 9.17) is 11.6 Å². The maximum atomic E-state index is 11.5. The van der Waals surface area contributed by atoms with E-state index in [9.17, 15) is 4.79 Å². The molecule has 0 unspecified atom stereocenters. The Morgan fingerprint density at radius 3 is 2.31 bits per heavy atom. The predicted molar refractivity (Wildman–Crippen MR) is 55.2 cm³/mol. The van der Waals surface area contributed by atoms with Crippen molar-refractivity contribution in [2.24, 2.45) is 0 Å². The summed E-state index contributed by atoms with van der Waals surface area (Å²) in [6.07, 6.45) is 0. The zero-order chi connectivity index (χ0) is 9.90. The summed E-state index contributed by atoms with van der Waals surface area (Å²) < 4.78 is 0. The minimum Gasteiger partial charge on any atom is -0.297 e. The summed E-state index contributed by atoms with van der Waals surface area (Å²) in [7, 11) is 0. The van der Waals surface area contributed by atoms with Crippen LogP contribution >= 0.6 is 11.6 Å². The number of alkyl halides is 1. The number of ketones is 1. The first-order valence-corrected chi connectivity index (χ1v) is 4.77. The molecule has 70 valence electrons. The van der Waals surface area contributed by atoms with Crippen molar-refractivity contribution in [1.82, 2.24) is 0 Å². The first-order valence-electron chi connectivity index (χ1n) is 4.24. The fourth-order valence-corrected chi connectivity index (χ4v) is 1.52. The van der Waals surface area contributed by atoms with Crippen LogP contribution in [0.2, 0.25) is 0 Å². The number of Topliss-reactive ketones (excluding diaryl/α,β-unsaturated/α-hetero) is 1. The largest absolute Gasteiger partial charge is 0.297 e. The third kappa shape index (κ3) is 2.10. The van der Waals surface area contributed by atoms with Gasteiger partial charge in [-0.05, 0) is 19.4 Å². The highest BCUT2D eigenvalue weighted by molar-refractivity contribution is 6.28. The SMILES string of the molecule is CC(C)(C(=O)CCl)c1ccccc1. The van der Waals surface area contributed by atoms with Gasteiger partial charge in [-0.2, -0.15) is 0 Å². The molecule has 1 aromatic rings. The van der Waals surface area contributed by atoms with E-state index in [-0.39, 0.29) is 11.7 Å². The number of carbonyl (C=O) groups is 1. The van der Waals surface area contributed by atoms with Crippen LogP contribution in [0.1, 0.15) is 19.4 Å². The first kappa shape index (κ1) is 10.3. The average Bonchev–Trinajstić information content (AvgIpc) is 2.18. The van der Waals surface area contributed by atoms with Gasteiger partial charge >= 0.3 is 0 Å². The van der Waals surface area contributed by atoms with Crippen LogP contribution in [0.5, 0.6) is 0 Å². The van der Waals surface area contributed by atoms with Crippen LogP contribution in [0.3, 0.4) is 0 Å². The standard InChI is InChI=1S/C11H13ClO/c1-11(2,10(13)8-12)9-6-4-3-5-7-9/h3-7H,8H2,1-2H3. The van der Waals surface area contributed by atoms with Gasteiger partial charge in [0, 0.05) is 5.41 Å². The molecule has 0 amide bonds. The van der Waals surface area contributed by atoms with Gasteiger partial charge in [0.2, 0.25) is 0 Å². The lowest BCUT2D eigenvalue weighted by atomic mass is 9.81. The molecule has 0 radical (unpaired) electrons. The van der Waals surface area contributed by atoms with Gasteiger partial charge in [-0.3, -0.25) is 4.79 Å². The van der Waals surface area contributed by atoms with Gasteiger partial charge in [-0.1, -0.05) is 30.3 Å². The first-order chi connectivity index (χ1) is 6.09. The van der Waals surface area contributed by atoms with Crippen molar-refractivity contribution in [3.8, 4) is 0 Å². The molecule has 1 rings (SSSR count). The minimum absolute atomic E-state index is 0.0559. The molecule has 0 aliphatic rings. The summed E-state index contributed by atoms with van der Waals surface area (Å²) in [6, 6.07) is 9.69. The number of rotatable bonds is 3. The van der Waals surface area contributed by atoms with Gasteiger partial charge < -0.3 is 0 Å². The molecule has 0 saturated heterocycles. The molecule has 13 heavy (non-hydrogen) atoms. The third-order valence-electron chi connectivity index (χ3n) is 2.31. The van der Waals surface area contributed by atoms with Crippen molar-refractivity contribution in [3.63, 3.8) is 0 Å². The summed E-state index contributed by atoms with van der Waals surface area (Å²) in [6.45, 7) is 3.79. The number of benzene rings is 1. The monoisotopic (exact) mass is 196 g/mol. The summed E-state index contributed by atoms with van der Waals surface area (Å²) in [5.74, 6) is 0.127. The fraction of sp³-hybridized carbons (Fsp3) is 0.364. The molecule has 0 saturated carbocycles. The Morgan fingerprint density at radius 2 is 1.85 bits per heavy atom. The van der Waals surface area contributed by atoms with E-state index < -0.39 is 5.41 Å². The second kappa shape index (κ2) is 3.93. The summed E-state index contributed by atoms with van der Waals surface area (Å²) >= 11 is 5.54. The minimum atomic E-state index is -0.469. The van der Waals surface area contributed by atoms with Crippen molar-refractivity contribution in [2.75, 3.05) is 5.88 Å². The summed E-state index contributed by atoms with van der Waals surface area (Å²) in [5, 5.41) is 0. The van der Waals surface area contributed by atoms with E-state index in [0.717, 1.165) is 5.56 Å². The lowest BCUT2D eigenvalue weighted by Crippen LogP contribution is -2.29. The molecule has 0 aliphatic heterocycles. The van der Waals surface area contributed by atoms with Crippen LogP contribution in [0.25, 0.3) is 0 Å². The molecule has 0 aromatic heterocycles. The number of carbonyl (C=O) groups excluding carboxylic acids is 1. The Hall–Kier alpha value is -0.820. The highest BCUT2D eigenvalue weighted by Crippen LogP contribution is 2.24. The normalized spacial score (nSPS) is 11.3. The molecular formula is C11H13ClO. The molecule has 1 aromatic carbocycles. The topological polar surface area (TPSA) is 17.1 Å². The van der Waals surface area contributed by atoms with E-state index in [1.165, 1.54) is 0 Å². The second-order valence-electron chi connectivity index (χ2n) is 3.55. The quantitative estimate of drug-likeness (QED) is 0.680. The maximum absolute atomic E-state index is 11.5. The molecule has 0 bridgehead atoms. The Kier molecular flexibility index (Phi) is 3.10. The zero-order valence-electron chi connectivity index (χ0n) is 7.88. The van der Waals surface area contributed by atoms with Gasteiger partial charge in [0.05, 0.1) is 5.88 Å². The highest BCUT2D eigenvalue weighted by Gasteiger charge is 2.27. The second-order valence-corrected chi connectivity index (χ2v) is 3.82. The third-order valence-corrected chi connectivity index (χ3v) is 2.56. The smallest absolute Gasteiger partial charge is 0.157 e. The van der Waals surface area contributed by atoms with Crippen molar-refractivity contribution in [2.45, 2.75) is 19.3 Å². The molecule has 1 nitrogen and oxygen atoms in total. The molecule has 0 heterocycles. The van der Waals surface area contributed by atoms with Crippen LogP contribution in [-0.2, 0) is 10.2 Å². The Balaban J connectivity index is 3.00. The van der Waals surface area contributed by atoms with Gasteiger partial charge in [0.25, 0.3) is 0 Å². The van der Waals surface area contributed by atoms with Gasteiger partial charge in [-0.15, -0.1) is 11.6 Å². The van der Waals surface area contributed by atoms with E-state index >= 15 is 0 Å². The average molecular weight is 197 g/mol. The molecule has 0 spiro atoms. The van der Waals surface area contributed by atoms with E-state index in [0.29, 0.717) is 0 Å².